The predicted molar refractivity (Wildman–Crippen MR) is 65.0 cm³/mol. The van der Waals surface area contributed by atoms with Crippen LogP contribution >= 0.6 is 23.2 Å². The maximum atomic E-state index is 11.7. The van der Waals surface area contributed by atoms with Crippen molar-refractivity contribution in [1.82, 2.24) is 10.3 Å². The summed E-state index contributed by atoms with van der Waals surface area (Å²) < 4.78 is 4.66. The van der Waals surface area contributed by atoms with Gasteiger partial charge >= 0.3 is 5.97 Å². The zero-order chi connectivity index (χ0) is 13.7. The first-order chi connectivity index (χ1) is 8.45. The first-order valence-electron chi connectivity index (χ1n) is 4.81. The van der Waals surface area contributed by atoms with E-state index in [0.717, 1.165) is 0 Å². The number of aliphatic carboxylic acids is 1. The predicted octanol–water partition coefficient (Wildman–Crippen LogP) is 1.22. The Kier molecular flexibility index (Phi) is 5.33. The molecule has 1 rings (SSSR count). The monoisotopic (exact) mass is 292 g/mol. The van der Waals surface area contributed by atoms with Gasteiger partial charge in [0.05, 0.1) is 11.6 Å². The van der Waals surface area contributed by atoms with Crippen molar-refractivity contribution in [2.45, 2.75) is 6.10 Å². The highest BCUT2D eigenvalue weighted by molar-refractivity contribution is 6.34. The van der Waals surface area contributed by atoms with Gasteiger partial charge < -0.3 is 15.2 Å². The molecule has 0 saturated heterocycles. The molecule has 0 radical (unpaired) electrons. The van der Waals surface area contributed by atoms with Gasteiger partial charge in [-0.25, -0.2) is 9.78 Å². The fraction of sp³-hybridized carbons (Fsp3) is 0.300. The number of nitrogens with one attached hydrogen (secondary N) is 1. The van der Waals surface area contributed by atoms with Crippen LogP contribution in [0.25, 0.3) is 0 Å². The second-order valence-electron chi connectivity index (χ2n) is 3.24. The maximum Gasteiger partial charge on any atom is 0.334 e. The number of amides is 1. The number of carbonyl (C=O) groups excluding carboxylic acids is 1. The lowest BCUT2D eigenvalue weighted by molar-refractivity contribution is -0.148. The molecule has 18 heavy (non-hydrogen) atoms. The van der Waals surface area contributed by atoms with Gasteiger partial charge in [0.15, 0.2) is 6.10 Å². The van der Waals surface area contributed by atoms with E-state index in [-0.39, 0.29) is 22.4 Å². The molecule has 0 fully saturated rings. The number of pyridine rings is 1. The Morgan fingerprint density at radius 3 is 2.72 bits per heavy atom. The number of hydrogen-bond donors (Lipinski definition) is 2. The fourth-order valence-corrected chi connectivity index (χ4v) is 1.46. The van der Waals surface area contributed by atoms with E-state index >= 15 is 0 Å². The Labute approximate surface area is 113 Å². The molecule has 8 heteroatoms. The van der Waals surface area contributed by atoms with Crippen LogP contribution in [-0.2, 0) is 9.53 Å². The molecular weight excluding hydrogens is 283 g/mol. The molecule has 98 valence electrons. The molecule has 6 nitrogen and oxygen atoms in total. The minimum absolute atomic E-state index is 0.0654. The topological polar surface area (TPSA) is 88.5 Å². The van der Waals surface area contributed by atoms with E-state index in [2.05, 4.69) is 15.0 Å². The van der Waals surface area contributed by atoms with E-state index < -0.39 is 18.0 Å². The number of carboxylic acids is 1. The van der Waals surface area contributed by atoms with Gasteiger partial charge in [0.1, 0.15) is 10.8 Å². The van der Waals surface area contributed by atoms with Gasteiger partial charge in [-0.05, 0) is 12.1 Å². The van der Waals surface area contributed by atoms with Crippen LogP contribution in [0.1, 0.15) is 10.5 Å². The fourth-order valence-electron chi connectivity index (χ4n) is 1.12. The third-order valence-electron chi connectivity index (χ3n) is 2.04. The summed E-state index contributed by atoms with van der Waals surface area (Å²) in [5, 5.41) is 11.3. The van der Waals surface area contributed by atoms with Crippen molar-refractivity contribution >= 4 is 35.1 Å². The number of halogens is 2. The average molecular weight is 293 g/mol. The van der Waals surface area contributed by atoms with Crippen molar-refractivity contribution < 1.29 is 19.4 Å². The number of nitrogens with zero attached hydrogens (tertiary/aromatic N) is 1. The van der Waals surface area contributed by atoms with Gasteiger partial charge in [-0.2, -0.15) is 0 Å². The quantitative estimate of drug-likeness (QED) is 0.797. The van der Waals surface area contributed by atoms with Gasteiger partial charge in [-0.3, -0.25) is 4.79 Å². The zero-order valence-electron chi connectivity index (χ0n) is 9.31. The van der Waals surface area contributed by atoms with Crippen LogP contribution in [0.15, 0.2) is 12.1 Å². The third-order valence-corrected chi connectivity index (χ3v) is 2.55. The summed E-state index contributed by atoms with van der Waals surface area (Å²) in [7, 11) is 1.23. The summed E-state index contributed by atoms with van der Waals surface area (Å²) in [6.07, 6.45) is -1.13. The summed E-state index contributed by atoms with van der Waals surface area (Å²) in [6, 6.07) is 2.87. The Morgan fingerprint density at radius 2 is 2.17 bits per heavy atom. The highest BCUT2D eigenvalue weighted by atomic mass is 35.5. The lowest BCUT2D eigenvalue weighted by Crippen LogP contribution is -2.38. The molecule has 1 aromatic heterocycles. The molecule has 1 atom stereocenters. The highest BCUT2D eigenvalue weighted by Crippen LogP contribution is 2.16. The summed E-state index contributed by atoms with van der Waals surface area (Å²) in [5.74, 6) is -1.80. The van der Waals surface area contributed by atoms with Crippen molar-refractivity contribution in [2.24, 2.45) is 0 Å². The number of carboxylic acid groups (broad SMARTS) is 1. The van der Waals surface area contributed by atoms with Crippen molar-refractivity contribution in [3.05, 3.63) is 28.0 Å². The SMILES string of the molecule is COC(CNC(=O)c1nc(Cl)ccc1Cl)C(=O)O. The number of aromatic nitrogens is 1. The molecule has 0 aliphatic rings. The van der Waals surface area contributed by atoms with Crippen LogP contribution in [-0.4, -0.2) is 41.7 Å². The van der Waals surface area contributed by atoms with Crippen molar-refractivity contribution in [3.63, 3.8) is 0 Å². The van der Waals surface area contributed by atoms with Gasteiger partial charge in [-0.1, -0.05) is 23.2 Å². The zero-order valence-corrected chi connectivity index (χ0v) is 10.8. The number of hydrogen-bond acceptors (Lipinski definition) is 4. The molecular formula is C10H10Cl2N2O4. The molecule has 0 aromatic carbocycles. The first kappa shape index (κ1) is 14.7. The van der Waals surface area contributed by atoms with Crippen LogP contribution in [0.4, 0.5) is 0 Å². The number of ether oxygens (including phenoxy) is 1. The van der Waals surface area contributed by atoms with E-state index in [1.165, 1.54) is 19.2 Å². The average Bonchev–Trinajstić information content (AvgIpc) is 2.32. The molecule has 2 N–H and O–H groups in total. The minimum Gasteiger partial charge on any atom is -0.479 e. The molecule has 0 aliphatic heterocycles. The van der Waals surface area contributed by atoms with Crippen LogP contribution in [0.5, 0.6) is 0 Å². The summed E-state index contributed by atoms with van der Waals surface area (Å²) in [6.45, 7) is -0.199. The third kappa shape index (κ3) is 3.83. The lowest BCUT2D eigenvalue weighted by atomic mass is 10.3. The first-order valence-corrected chi connectivity index (χ1v) is 5.57. The Morgan fingerprint density at radius 1 is 1.50 bits per heavy atom. The number of carbonyl (C=O) groups is 2. The van der Waals surface area contributed by atoms with Crippen LogP contribution in [0.3, 0.4) is 0 Å². The molecule has 0 bridgehead atoms. The van der Waals surface area contributed by atoms with Gasteiger partial charge in [0.25, 0.3) is 5.91 Å². The van der Waals surface area contributed by atoms with Crippen LogP contribution in [0, 0.1) is 0 Å². The van der Waals surface area contributed by atoms with E-state index in [0.29, 0.717) is 0 Å². The smallest absolute Gasteiger partial charge is 0.334 e. The summed E-state index contributed by atoms with van der Waals surface area (Å²) in [5.41, 5.74) is -0.0654. The van der Waals surface area contributed by atoms with Crippen molar-refractivity contribution in [1.29, 1.82) is 0 Å². The number of rotatable bonds is 5. The minimum atomic E-state index is -1.18. The molecule has 1 amide bonds. The standard InChI is InChI=1S/C10H10Cl2N2O4/c1-18-6(10(16)17)4-13-9(15)8-5(11)2-3-7(12)14-8/h2-3,6H,4H2,1H3,(H,13,15)(H,16,17). The Bertz CT molecular complexity index is 467. The van der Waals surface area contributed by atoms with E-state index in [1.54, 1.807) is 0 Å². The largest absolute Gasteiger partial charge is 0.479 e. The van der Waals surface area contributed by atoms with Gasteiger partial charge in [0, 0.05) is 7.11 Å². The molecule has 1 aromatic rings. The summed E-state index contributed by atoms with van der Waals surface area (Å²) in [4.78, 5) is 26.1. The van der Waals surface area contributed by atoms with Crippen molar-refractivity contribution in [3.8, 4) is 0 Å². The summed E-state index contributed by atoms with van der Waals surface area (Å²) >= 11 is 11.4. The van der Waals surface area contributed by atoms with Crippen molar-refractivity contribution in [2.75, 3.05) is 13.7 Å². The van der Waals surface area contributed by atoms with Gasteiger partial charge in [-0.15, -0.1) is 0 Å². The second-order valence-corrected chi connectivity index (χ2v) is 4.03. The number of methoxy groups -OCH3 is 1. The van der Waals surface area contributed by atoms with Crippen LogP contribution < -0.4 is 5.32 Å². The Balaban J connectivity index is 2.71. The Hall–Kier alpha value is -1.37. The normalized spacial score (nSPS) is 11.9. The molecule has 0 aliphatic carbocycles. The van der Waals surface area contributed by atoms with E-state index in [1.807, 2.05) is 0 Å². The molecule has 1 unspecified atom stereocenters. The van der Waals surface area contributed by atoms with E-state index in [9.17, 15) is 9.59 Å². The molecule has 0 saturated carbocycles. The highest BCUT2D eigenvalue weighted by Gasteiger charge is 2.19. The maximum absolute atomic E-state index is 11.7. The molecule has 1 heterocycles. The van der Waals surface area contributed by atoms with E-state index in [4.69, 9.17) is 28.3 Å². The van der Waals surface area contributed by atoms with Gasteiger partial charge in [0.2, 0.25) is 0 Å². The second kappa shape index (κ2) is 6.53. The molecule has 0 spiro atoms. The van der Waals surface area contributed by atoms with Crippen LogP contribution in [0.2, 0.25) is 10.2 Å². The lowest BCUT2D eigenvalue weighted by Gasteiger charge is -2.11.